The summed E-state index contributed by atoms with van der Waals surface area (Å²) in [6.45, 7) is 5.88. The van der Waals surface area contributed by atoms with Crippen LogP contribution in [0.4, 0.5) is 17.1 Å². The van der Waals surface area contributed by atoms with Gasteiger partial charge in [-0.15, -0.1) is 0 Å². The van der Waals surface area contributed by atoms with Crippen LogP contribution in [0.1, 0.15) is 79.2 Å². The topological polar surface area (TPSA) is 186 Å². The second-order valence-corrected chi connectivity index (χ2v) is 16.3. The number of ether oxygens (including phenoxy) is 4. The van der Waals surface area contributed by atoms with E-state index in [0.29, 0.717) is 76.6 Å². The SMILES string of the molecule is COc1cc2c(cc1OCCCOc1cc3c(cc1OC)C(=O)N1C=C(C4CC4)C[C@H]1C=N3)N=C[C@@H]1CC(c3ccc(NC(=O)C(C)NC(=O)[C@@H](N)C(C)C)cc3)=CN1C2=O. The van der Waals surface area contributed by atoms with Crippen LogP contribution in [0.2, 0.25) is 0 Å². The zero-order valence-corrected chi connectivity index (χ0v) is 35.0. The summed E-state index contributed by atoms with van der Waals surface area (Å²) in [5, 5.41) is 5.49. The van der Waals surface area contributed by atoms with Crippen LogP contribution in [0.25, 0.3) is 5.57 Å². The number of hydrogen-bond acceptors (Lipinski definition) is 11. The van der Waals surface area contributed by atoms with Crippen LogP contribution in [0, 0.1) is 11.8 Å². The summed E-state index contributed by atoms with van der Waals surface area (Å²) in [5.41, 5.74) is 11.5. The zero-order chi connectivity index (χ0) is 42.9. The molecule has 0 aromatic heterocycles. The molecule has 0 radical (unpaired) electrons. The van der Waals surface area contributed by atoms with Crippen LogP contribution < -0.4 is 35.3 Å². The predicted octanol–water partition coefficient (Wildman–Crippen LogP) is 6.17. The van der Waals surface area contributed by atoms with E-state index in [4.69, 9.17) is 29.7 Å². The number of nitrogens with one attached hydrogen (secondary N) is 2. The molecule has 4 aliphatic heterocycles. The summed E-state index contributed by atoms with van der Waals surface area (Å²) in [4.78, 5) is 65.4. The van der Waals surface area contributed by atoms with E-state index in [1.54, 1.807) is 66.4 Å². The number of methoxy groups -OCH3 is 2. The average Bonchev–Trinajstić information content (AvgIpc) is 3.94. The molecule has 0 spiro atoms. The van der Waals surface area contributed by atoms with Gasteiger partial charge in [-0.05, 0) is 79.0 Å². The highest BCUT2D eigenvalue weighted by atomic mass is 16.5. The van der Waals surface area contributed by atoms with Gasteiger partial charge in [-0.2, -0.15) is 0 Å². The van der Waals surface area contributed by atoms with Gasteiger partial charge in [-0.1, -0.05) is 26.0 Å². The van der Waals surface area contributed by atoms with Gasteiger partial charge in [0.05, 0.1) is 68.1 Å². The Morgan fingerprint density at radius 2 is 1.33 bits per heavy atom. The molecule has 8 rings (SSSR count). The fourth-order valence-corrected chi connectivity index (χ4v) is 7.82. The highest BCUT2D eigenvalue weighted by Gasteiger charge is 2.38. The summed E-state index contributed by atoms with van der Waals surface area (Å²) in [6, 6.07) is 12.3. The monoisotopic (exact) mass is 829 g/mol. The number of carbonyl (C=O) groups is 4. The van der Waals surface area contributed by atoms with E-state index in [1.807, 2.05) is 44.6 Å². The Hall–Kier alpha value is -6.48. The van der Waals surface area contributed by atoms with Gasteiger partial charge in [0.2, 0.25) is 11.8 Å². The molecule has 0 bridgehead atoms. The second kappa shape index (κ2) is 17.2. The fourth-order valence-electron chi connectivity index (χ4n) is 7.82. The number of fused-ring (bicyclic) bond motifs is 4. The van der Waals surface area contributed by atoms with E-state index in [0.717, 1.165) is 17.6 Å². The standard InChI is InChI=1S/C46H51N7O8/c1-25(2)42(47)44(55)50-26(3)43(54)51-31-11-9-28(10-12-31)30-16-33-22-49-37-20-41(39(59-5)18-35(37)46(57)53(33)24-30)61-14-6-13-60-40-19-36-34(17-38(40)58-4)45(56)52-23-29(27-7-8-27)15-32(52)21-48-36/h9-12,17-27,32-33,42H,6-8,13-16,47H2,1-5H3,(H,50,55)(H,51,54)/t26?,32-,33-,42-/m0/s1. The van der Waals surface area contributed by atoms with Crippen LogP contribution in [-0.2, 0) is 9.59 Å². The number of benzene rings is 3. The molecule has 1 fully saturated rings. The number of amides is 4. The number of rotatable bonds is 15. The molecule has 1 aliphatic carbocycles. The van der Waals surface area contributed by atoms with Crippen molar-refractivity contribution in [3.8, 4) is 23.0 Å². The summed E-state index contributed by atoms with van der Waals surface area (Å²) in [7, 11) is 3.07. The van der Waals surface area contributed by atoms with Crippen molar-refractivity contribution in [3.05, 3.63) is 83.2 Å². The Morgan fingerprint density at radius 3 is 1.87 bits per heavy atom. The first kappa shape index (κ1) is 41.3. The van der Waals surface area contributed by atoms with Crippen LogP contribution in [0.15, 0.2) is 76.5 Å². The third kappa shape index (κ3) is 8.60. The van der Waals surface area contributed by atoms with Crippen molar-refractivity contribution in [1.29, 1.82) is 0 Å². The molecule has 4 heterocycles. The predicted molar refractivity (Wildman–Crippen MR) is 231 cm³/mol. The molecule has 3 aromatic carbocycles. The lowest BCUT2D eigenvalue weighted by atomic mass is 10.0. The zero-order valence-electron chi connectivity index (χ0n) is 35.0. The number of carbonyl (C=O) groups excluding carboxylic acids is 4. The molecule has 4 atom stereocenters. The highest BCUT2D eigenvalue weighted by Crippen LogP contribution is 2.45. The third-order valence-electron chi connectivity index (χ3n) is 11.7. The van der Waals surface area contributed by atoms with Crippen molar-refractivity contribution in [2.45, 2.75) is 77.0 Å². The molecule has 3 aromatic rings. The van der Waals surface area contributed by atoms with E-state index in [-0.39, 0.29) is 48.2 Å². The number of nitrogens with two attached hydrogens (primary N) is 1. The summed E-state index contributed by atoms with van der Waals surface area (Å²) in [5.74, 6) is 1.27. The maximum Gasteiger partial charge on any atom is 0.260 e. The van der Waals surface area contributed by atoms with Gasteiger partial charge in [0, 0.05) is 55.5 Å². The Bertz CT molecular complexity index is 2370. The molecular weight excluding hydrogens is 779 g/mol. The number of nitrogens with zero attached hydrogens (tertiary/aromatic N) is 4. The molecule has 5 aliphatic rings. The molecule has 4 amide bonds. The van der Waals surface area contributed by atoms with Gasteiger partial charge in [0.25, 0.3) is 11.8 Å². The van der Waals surface area contributed by atoms with Gasteiger partial charge in [-0.3, -0.25) is 29.2 Å². The smallest absolute Gasteiger partial charge is 0.260 e. The largest absolute Gasteiger partial charge is 0.493 e. The average molecular weight is 830 g/mol. The van der Waals surface area contributed by atoms with E-state index in [1.165, 1.54) is 25.5 Å². The second-order valence-electron chi connectivity index (χ2n) is 16.3. The molecule has 0 saturated heterocycles. The number of hydrogen-bond donors (Lipinski definition) is 3. The van der Waals surface area contributed by atoms with Gasteiger partial charge >= 0.3 is 0 Å². The van der Waals surface area contributed by atoms with Gasteiger partial charge in [0.15, 0.2) is 23.0 Å². The summed E-state index contributed by atoms with van der Waals surface area (Å²) < 4.78 is 23.5. The summed E-state index contributed by atoms with van der Waals surface area (Å²) >= 11 is 0. The van der Waals surface area contributed by atoms with E-state index < -0.39 is 12.1 Å². The first-order valence-electron chi connectivity index (χ1n) is 20.7. The van der Waals surface area contributed by atoms with Gasteiger partial charge in [-0.25, -0.2) is 0 Å². The number of anilines is 1. The minimum atomic E-state index is -0.771. The molecule has 61 heavy (non-hydrogen) atoms. The van der Waals surface area contributed by atoms with E-state index >= 15 is 0 Å². The first-order valence-corrected chi connectivity index (χ1v) is 20.7. The lowest BCUT2D eigenvalue weighted by Crippen LogP contribution is -2.50. The van der Waals surface area contributed by atoms with E-state index in [9.17, 15) is 19.2 Å². The first-order chi connectivity index (χ1) is 29.4. The molecule has 318 valence electrons. The van der Waals surface area contributed by atoms with Crippen LogP contribution in [-0.4, -0.2) is 97.5 Å². The molecule has 4 N–H and O–H groups in total. The van der Waals surface area contributed by atoms with Gasteiger partial charge < -0.3 is 45.1 Å². The Labute approximate surface area is 354 Å². The van der Waals surface area contributed by atoms with E-state index in [2.05, 4.69) is 15.6 Å². The van der Waals surface area contributed by atoms with Crippen LogP contribution in [0.5, 0.6) is 23.0 Å². The quantitative estimate of drug-likeness (QED) is 0.151. The van der Waals surface area contributed by atoms with Crippen molar-refractivity contribution in [1.82, 2.24) is 15.1 Å². The normalized spacial score (nSPS) is 19.7. The van der Waals surface area contributed by atoms with Crippen LogP contribution >= 0.6 is 0 Å². The summed E-state index contributed by atoms with van der Waals surface area (Å²) in [6.07, 6.45) is 11.7. The Balaban J connectivity index is 0.865. The lowest BCUT2D eigenvalue weighted by molar-refractivity contribution is -0.127. The molecule has 15 nitrogen and oxygen atoms in total. The van der Waals surface area contributed by atoms with Crippen molar-refractivity contribution in [3.63, 3.8) is 0 Å². The molecule has 15 heteroatoms. The van der Waals surface area contributed by atoms with Gasteiger partial charge in [0.1, 0.15) is 6.04 Å². The van der Waals surface area contributed by atoms with Crippen molar-refractivity contribution >= 4 is 58.7 Å². The molecule has 1 saturated carbocycles. The van der Waals surface area contributed by atoms with Crippen molar-refractivity contribution in [2.75, 3.05) is 32.8 Å². The number of aliphatic imine (C=N–C) groups is 2. The maximum atomic E-state index is 13.9. The highest BCUT2D eigenvalue weighted by molar-refractivity contribution is 6.06. The molecular formula is C46H51N7O8. The third-order valence-corrected chi connectivity index (χ3v) is 11.7. The fraction of sp³-hybridized carbons (Fsp3) is 0.391. The Kier molecular flexibility index (Phi) is 11.7. The lowest BCUT2D eigenvalue weighted by Gasteiger charge is -2.19. The molecule has 1 unspecified atom stereocenters. The minimum absolute atomic E-state index is 0.0553. The Morgan fingerprint density at radius 1 is 0.770 bits per heavy atom. The van der Waals surface area contributed by atoms with Crippen molar-refractivity contribution in [2.24, 2.45) is 27.6 Å². The maximum absolute atomic E-state index is 13.9. The van der Waals surface area contributed by atoms with Crippen molar-refractivity contribution < 1.29 is 38.1 Å². The van der Waals surface area contributed by atoms with Crippen LogP contribution in [0.3, 0.4) is 0 Å². The minimum Gasteiger partial charge on any atom is -0.493 e.